The standard InChI is InChI=1S/C10H22O2Si.2Li/c1-5-7-9-11-13(3,4)12-10-8-6-2;;/h1-2,5-10H2,3-4H3;;/q-2;2*+1. The summed E-state index contributed by atoms with van der Waals surface area (Å²) >= 11 is 0. The summed E-state index contributed by atoms with van der Waals surface area (Å²) in [4.78, 5) is 0. The van der Waals surface area contributed by atoms with Gasteiger partial charge in [-0.1, -0.05) is 12.8 Å². The Labute approximate surface area is 120 Å². The second kappa shape index (κ2) is 13.4. The molecule has 0 spiro atoms. The van der Waals surface area contributed by atoms with Crippen LogP contribution in [0.5, 0.6) is 0 Å². The Balaban J connectivity index is -0.000000720. The van der Waals surface area contributed by atoms with E-state index in [1.165, 1.54) is 0 Å². The molecule has 0 aliphatic rings. The third kappa shape index (κ3) is 15.3. The number of unbranched alkanes of at least 4 members (excludes halogenated alkanes) is 2. The monoisotopic (exact) mass is 216 g/mol. The minimum absolute atomic E-state index is 0. The van der Waals surface area contributed by atoms with Gasteiger partial charge in [0.05, 0.1) is 0 Å². The summed E-state index contributed by atoms with van der Waals surface area (Å²) in [6, 6.07) is 0. The number of rotatable bonds is 8. The fraction of sp³-hybridized carbons (Fsp3) is 0.800. The topological polar surface area (TPSA) is 18.5 Å². The van der Waals surface area contributed by atoms with Gasteiger partial charge in [-0.25, -0.2) is 0 Å². The average Bonchev–Trinajstić information content (AvgIpc) is 2.05. The van der Waals surface area contributed by atoms with Crippen molar-refractivity contribution in [1.82, 2.24) is 0 Å². The van der Waals surface area contributed by atoms with E-state index in [-0.39, 0.29) is 37.7 Å². The van der Waals surface area contributed by atoms with Crippen molar-refractivity contribution in [3.05, 3.63) is 13.8 Å². The number of hydrogen-bond donors (Lipinski definition) is 0. The normalized spacial score (nSPS) is 10.4. The summed E-state index contributed by atoms with van der Waals surface area (Å²) in [5.41, 5.74) is 0. The van der Waals surface area contributed by atoms with Gasteiger partial charge in [-0.15, -0.1) is 0 Å². The van der Waals surface area contributed by atoms with Crippen molar-refractivity contribution >= 4 is 8.56 Å². The van der Waals surface area contributed by atoms with Crippen molar-refractivity contribution in [2.45, 2.75) is 38.8 Å². The Morgan fingerprint density at radius 1 is 0.867 bits per heavy atom. The Kier molecular flexibility index (Phi) is 19.3. The van der Waals surface area contributed by atoms with Crippen LogP contribution in [0.4, 0.5) is 0 Å². The molecule has 2 nitrogen and oxygen atoms in total. The molecule has 0 bridgehead atoms. The van der Waals surface area contributed by atoms with Crippen LogP contribution in [0.25, 0.3) is 0 Å². The van der Waals surface area contributed by atoms with Gasteiger partial charge in [-0.2, -0.15) is 12.8 Å². The summed E-state index contributed by atoms with van der Waals surface area (Å²) in [6.07, 6.45) is 3.91. The van der Waals surface area contributed by atoms with E-state index in [2.05, 4.69) is 26.9 Å². The summed E-state index contributed by atoms with van der Waals surface area (Å²) in [5, 5.41) is 0. The predicted octanol–water partition coefficient (Wildman–Crippen LogP) is -3.04. The average molecular weight is 216 g/mol. The predicted molar refractivity (Wildman–Crippen MR) is 58.6 cm³/mol. The van der Waals surface area contributed by atoms with E-state index < -0.39 is 8.56 Å². The Hall–Kier alpha value is 1.33. The molecule has 0 N–H and O–H groups in total. The van der Waals surface area contributed by atoms with Gasteiger partial charge in [0, 0.05) is 13.2 Å². The van der Waals surface area contributed by atoms with E-state index in [1.807, 2.05) is 0 Å². The van der Waals surface area contributed by atoms with E-state index >= 15 is 0 Å². The zero-order valence-corrected chi connectivity index (χ0v) is 12.0. The first kappa shape index (κ1) is 21.6. The van der Waals surface area contributed by atoms with Gasteiger partial charge in [0.2, 0.25) is 0 Å². The van der Waals surface area contributed by atoms with Crippen LogP contribution in [-0.4, -0.2) is 21.8 Å². The SMILES string of the molecule is [CH2-]CCCO[Si](C)(C)OCCC[CH2-].[Li+].[Li+]. The molecule has 0 fully saturated rings. The van der Waals surface area contributed by atoms with Crippen molar-refractivity contribution in [3.63, 3.8) is 0 Å². The van der Waals surface area contributed by atoms with Gasteiger partial charge in [0.15, 0.2) is 0 Å². The van der Waals surface area contributed by atoms with Gasteiger partial charge in [0.25, 0.3) is 0 Å². The van der Waals surface area contributed by atoms with Crippen LogP contribution in [0.3, 0.4) is 0 Å². The first-order valence-electron chi connectivity index (χ1n) is 4.99. The molecule has 0 saturated carbocycles. The van der Waals surface area contributed by atoms with Crippen LogP contribution in [0.2, 0.25) is 13.1 Å². The molecule has 0 atom stereocenters. The fourth-order valence-electron chi connectivity index (χ4n) is 0.882. The van der Waals surface area contributed by atoms with Crippen molar-refractivity contribution in [1.29, 1.82) is 0 Å². The zero-order valence-electron chi connectivity index (χ0n) is 11.0. The second-order valence-corrected chi connectivity index (χ2v) is 6.89. The van der Waals surface area contributed by atoms with Crippen molar-refractivity contribution < 1.29 is 46.6 Å². The van der Waals surface area contributed by atoms with E-state index in [9.17, 15) is 0 Å². The quantitative estimate of drug-likeness (QED) is 0.244. The molecular weight excluding hydrogens is 194 g/mol. The van der Waals surface area contributed by atoms with E-state index in [1.54, 1.807) is 0 Å². The molecule has 0 amide bonds. The van der Waals surface area contributed by atoms with Gasteiger partial charge in [-0.3, -0.25) is 0 Å². The summed E-state index contributed by atoms with van der Waals surface area (Å²) < 4.78 is 11.3. The molecule has 15 heavy (non-hydrogen) atoms. The van der Waals surface area contributed by atoms with Crippen molar-refractivity contribution in [2.24, 2.45) is 0 Å². The molecule has 0 saturated heterocycles. The molecule has 0 radical (unpaired) electrons. The molecule has 0 rings (SSSR count). The second-order valence-electron chi connectivity index (χ2n) is 3.51. The Bertz CT molecular complexity index is 112. The zero-order chi connectivity index (χ0) is 10.2. The van der Waals surface area contributed by atoms with E-state index in [0.29, 0.717) is 0 Å². The fourth-order valence-corrected chi connectivity index (χ4v) is 2.24. The minimum atomic E-state index is -1.83. The first-order chi connectivity index (χ1) is 6.12. The summed E-state index contributed by atoms with van der Waals surface area (Å²) in [6.45, 7) is 13.3. The van der Waals surface area contributed by atoms with Crippen LogP contribution in [0.1, 0.15) is 25.7 Å². The molecular formula is C10H22Li2O2Si. The maximum absolute atomic E-state index is 5.67. The van der Waals surface area contributed by atoms with Crippen molar-refractivity contribution in [3.8, 4) is 0 Å². The van der Waals surface area contributed by atoms with Crippen LogP contribution < -0.4 is 37.7 Å². The van der Waals surface area contributed by atoms with Gasteiger partial charge >= 0.3 is 46.3 Å². The summed E-state index contributed by atoms with van der Waals surface area (Å²) in [5.74, 6) is 0. The molecule has 0 unspecified atom stereocenters. The van der Waals surface area contributed by atoms with Crippen molar-refractivity contribution in [2.75, 3.05) is 13.2 Å². The van der Waals surface area contributed by atoms with Crippen LogP contribution in [0.15, 0.2) is 0 Å². The third-order valence-electron chi connectivity index (χ3n) is 1.69. The first-order valence-corrected chi connectivity index (χ1v) is 7.80. The van der Waals surface area contributed by atoms with Crippen LogP contribution in [0, 0.1) is 13.8 Å². The van der Waals surface area contributed by atoms with Crippen LogP contribution in [-0.2, 0) is 8.85 Å². The maximum Gasteiger partial charge on any atom is 1.00 e. The molecule has 0 aliphatic carbocycles. The molecule has 80 valence electrons. The third-order valence-corrected chi connectivity index (χ3v) is 3.49. The summed E-state index contributed by atoms with van der Waals surface area (Å²) in [7, 11) is -1.83. The van der Waals surface area contributed by atoms with E-state index in [0.717, 1.165) is 38.9 Å². The molecule has 0 aromatic rings. The van der Waals surface area contributed by atoms with Gasteiger partial charge < -0.3 is 22.7 Å². The molecule has 5 heteroatoms. The molecule has 0 aromatic heterocycles. The van der Waals surface area contributed by atoms with Gasteiger partial charge in [-0.05, 0) is 13.1 Å². The van der Waals surface area contributed by atoms with E-state index in [4.69, 9.17) is 8.85 Å². The van der Waals surface area contributed by atoms with Crippen LogP contribution >= 0.6 is 0 Å². The minimum Gasteiger partial charge on any atom is -0.395 e. The smallest absolute Gasteiger partial charge is 0.395 e. The van der Waals surface area contributed by atoms with Gasteiger partial charge in [0.1, 0.15) is 0 Å². The molecule has 0 heterocycles. The molecule has 0 aromatic carbocycles. The molecule has 0 aliphatic heterocycles. The Morgan fingerprint density at radius 2 is 1.20 bits per heavy atom. The Morgan fingerprint density at radius 3 is 1.47 bits per heavy atom. The largest absolute Gasteiger partial charge is 1.00 e. The number of hydrogen-bond acceptors (Lipinski definition) is 2. The maximum atomic E-state index is 5.67.